The van der Waals surface area contributed by atoms with Crippen LogP contribution in [-0.2, 0) is 21.4 Å². The highest BCUT2D eigenvalue weighted by Crippen LogP contribution is 2.27. The second kappa shape index (κ2) is 9.13. The van der Waals surface area contributed by atoms with Gasteiger partial charge in [-0.25, -0.2) is 8.42 Å². The van der Waals surface area contributed by atoms with Gasteiger partial charge < -0.3 is 5.32 Å². The molecular weight excluding hydrogens is 396 g/mol. The fourth-order valence-corrected chi connectivity index (χ4v) is 4.58. The van der Waals surface area contributed by atoms with Gasteiger partial charge in [0.1, 0.15) is 0 Å². The molecule has 3 aromatic carbocycles. The highest BCUT2D eigenvalue weighted by molar-refractivity contribution is 7.92. The summed E-state index contributed by atoms with van der Waals surface area (Å²) in [7, 11) is -3.80. The van der Waals surface area contributed by atoms with Crippen LogP contribution in [0, 0.1) is 0 Å². The average Bonchev–Trinajstić information content (AvgIpc) is 2.73. The van der Waals surface area contributed by atoms with Gasteiger partial charge in [-0.3, -0.25) is 9.10 Å². The van der Waals surface area contributed by atoms with Crippen molar-refractivity contribution in [1.29, 1.82) is 0 Å². The van der Waals surface area contributed by atoms with Gasteiger partial charge in [-0.2, -0.15) is 0 Å². The minimum absolute atomic E-state index is 0.166. The van der Waals surface area contributed by atoms with Crippen molar-refractivity contribution in [3.8, 4) is 0 Å². The number of rotatable bonds is 7. The standard InChI is InChI=1S/C24H26N2O3S/c1-18(2)21-11-9-20(10-12-21)17-26(23-7-5-4-6-8-23)30(28,29)24-15-13-22(14-16-24)25-19(3)27/h4-16,18H,17H2,1-3H3,(H,25,27). The lowest BCUT2D eigenvalue weighted by atomic mass is 10.0. The molecule has 3 rings (SSSR count). The second-order valence-electron chi connectivity index (χ2n) is 7.45. The maximum Gasteiger partial charge on any atom is 0.264 e. The summed E-state index contributed by atoms with van der Waals surface area (Å²) in [5, 5.41) is 2.65. The molecular formula is C24H26N2O3S. The summed E-state index contributed by atoms with van der Waals surface area (Å²) in [6.45, 7) is 5.88. The van der Waals surface area contributed by atoms with E-state index in [2.05, 4.69) is 19.2 Å². The Labute approximate surface area is 178 Å². The number of para-hydroxylation sites is 1. The van der Waals surface area contributed by atoms with E-state index < -0.39 is 10.0 Å². The van der Waals surface area contributed by atoms with Gasteiger partial charge in [0.05, 0.1) is 17.1 Å². The van der Waals surface area contributed by atoms with Crippen molar-refractivity contribution in [2.24, 2.45) is 0 Å². The zero-order valence-electron chi connectivity index (χ0n) is 17.4. The van der Waals surface area contributed by atoms with Gasteiger partial charge >= 0.3 is 0 Å². The summed E-state index contributed by atoms with van der Waals surface area (Å²) >= 11 is 0. The Morgan fingerprint density at radius 1 is 0.900 bits per heavy atom. The van der Waals surface area contributed by atoms with E-state index in [1.54, 1.807) is 24.3 Å². The number of nitrogens with zero attached hydrogens (tertiary/aromatic N) is 1. The molecule has 0 saturated heterocycles. The van der Waals surface area contributed by atoms with Crippen LogP contribution in [0.5, 0.6) is 0 Å². The number of carbonyl (C=O) groups excluding carboxylic acids is 1. The van der Waals surface area contributed by atoms with Gasteiger partial charge in [0.25, 0.3) is 10.0 Å². The maximum absolute atomic E-state index is 13.5. The third-order valence-electron chi connectivity index (χ3n) is 4.78. The van der Waals surface area contributed by atoms with Crippen LogP contribution in [-0.4, -0.2) is 14.3 Å². The van der Waals surface area contributed by atoms with E-state index in [1.807, 2.05) is 42.5 Å². The van der Waals surface area contributed by atoms with Crippen molar-refractivity contribution >= 4 is 27.3 Å². The summed E-state index contributed by atoms with van der Waals surface area (Å²) in [6, 6.07) is 23.3. The van der Waals surface area contributed by atoms with Crippen LogP contribution in [0.15, 0.2) is 83.8 Å². The van der Waals surface area contributed by atoms with Crippen LogP contribution in [0.25, 0.3) is 0 Å². The van der Waals surface area contributed by atoms with Gasteiger partial charge in [0, 0.05) is 12.6 Å². The summed E-state index contributed by atoms with van der Waals surface area (Å²) < 4.78 is 28.4. The van der Waals surface area contributed by atoms with E-state index in [4.69, 9.17) is 0 Å². The summed E-state index contributed by atoms with van der Waals surface area (Å²) in [4.78, 5) is 11.4. The van der Waals surface area contributed by atoms with E-state index in [9.17, 15) is 13.2 Å². The van der Waals surface area contributed by atoms with Crippen molar-refractivity contribution in [3.05, 3.63) is 90.0 Å². The van der Waals surface area contributed by atoms with Gasteiger partial charge in [-0.15, -0.1) is 0 Å². The third kappa shape index (κ3) is 5.07. The van der Waals surface area contributed by atoms with Crippen LogP contribution < -0.4 is 9.62 Å². The zero-order valence-corrected chi connectivity index (χ0v) is 18.2. The van der Waals surface area contributed by atoms with Crippen LogP contribution in [0.3, 0.4) is 0 Å². The molecule has 0 bridgehead atoms. The molecule has 0 spiro atoms. The van der Waals surface area contributed by atoms with Gasteiger partial charge in [0.2, 0.25) is 5.91 Å². The molecule has 0 aliphatic heterocycles. The highest BCUT2D eigenvalue weighted by Gasteiger charge is 2.25. The molecule has 0 unspecified atom stereocenters. The highest BCUT2D eigenvalue weighted by atomic mass is 32.2. The molecule has 0 aliphatic carbocycles. The fraction of sp³-hybridized carbons (Fsp3) is 0.208. The van der Waals surface area contributed by atoms with Gasteiger partial charge in [-0.05, 0) is 53.4 Å². The fourth-order valence-electron chi connectivity index (χ4n) is 3.12. The average molecular weight is 423 g/mol. The van der Waals surface area contributed by atoms with Crippen LogP contribution in [0.1, 0.15) is 37.8 Å². The minimum atomic E-state index is -3.80. The molecule has 5 nitrogen and oxygen atoms in total. The Balaban J connectivity index is 1.96. The lowest BCUT2D eigenvalue weighted by Gasteiger charge is -2.25. The van der Waals surface area contributed by atoms with E-state index >= 15 is 0 Å². The van der Waals surface area contributed by atoms with Gasteiger partial charge in [-0.1, -0.05) is 56.3 Å². The molecule has 0 radical (unpaired) electrons. The first-order chi connectivity index (χ1) is 14.3. The molecule has 0 atom stereocenters. The number of sulfonamides is 1. The molecule has 6 heteroatoms. The van der Waals surface area contributed by atoms with Crippen LogP contribution >= 0.6 is 0 Å². The Morgan fingerprint density at radius 2 is 1.50 bits per heavy atom. The van der Waals surface area contributed by atoms with E-state index in [0.717, 1.165) is 5.56 Å². The van der Waals surface area contributed by atoms with E-state index in [1.165, 1.54) is 28.9 Å². The molecule has 0 saturated carbocycles. The Kier molecular flexibility index (Phi) is 6.57. The van der Waals surface area contributed by atoms with Crippen LogP contribution in [0.4, 0.5) is 11.4 Å². The molecule has 3 aromatic rings. The van der Waals surface area contributed by atoms with Gasteiger partial charge in [0.15, 0.2) is 0 Å². The number of carbonyl (C=O) groups is 1. The number of hydrogen-bond donors (Lipinski definition) is 1. The lowest BCUT2D eigenvalue weighted by molar-refractivity contribution is -0.114. The summed E-state index contributed by atoms with van der Waals surface area (Å²) in [5.41, 5.74) is 3.26. The smallest absolute Gasteiger partial charge is 0.264 e. The number of amides is 1. The monoisotopic (exact) mass is 422 g/mol. The Bertz CT molecular complexity index is 1090. The first kappa shape index (κ1) is 21.6. The molecule has 0 fully saturated rings. The molecule has 0 aliphatic rings. The second-order valence-corrected chi connectivity index (χ2v) is 9.31. The Hall–Kier alpha value is -3.12. The first-order valence-corrected chi connectivity index (χ1v) is 11.3. The molecule has 1 amide bonds. The number of anilines is 2. The van der Waals surface area contributed by atoms with Crippen molar-refractivity contribution in [2.45, 2.75) is 38.1 Å². The Morgan fingerprint density at radius 3 is 2.03 bits per heavy atom. The molecule has 0 aromatic heterocycles. The predicted molar refractivity (Wildman–Crippen MR) is 121 cm³/mol. The zero-order chi connectivity index (χ0) is 21.7. The molecule has 0 heterocycles. The quantitative estimate of drug-likeness (QED) is 0.572. The minimum Gasteiger partial charge on any atom is -0.326 e. The number of hydrogen-bond acceptors (Lipinski definition) is 3. The van der Waals surface area contributed by atoms with Crippen molar-refractivity contribution in [1.82, 2.24) is 0 Å². The molecule has 1 N–H and O–H groups in total. The predicted octanol–water partition coefficient (Wildman–Crippen LogP) is 5.16. The first-order valence-electron chi connectivity index (χ1n) is 9.81. The number of benzene rings is 3. The van der Waals surface area contributed by atoms with Crippen molar-refractivity contribution in [2.75, 3.05) is 9.62 Å². The normalized spacial score (nSPS) is 11.3. The molecule has 156 valence electrons. The summed E-state index contributed by atoms with van der Waals surface area (Å²) in [6.07, 6.45) is 0. The maximum atomic E-state index is 13.5. The summed E-state index contributed by atoms with van der Waals surface area (Å²) in [5.74, 6) is 0.205. The van der Waals surface area contributed by atoms with Crippen molar-refractivity contribution < 1.29 is 13.2 Å². The van der Waals surface area contributed by atoms with E-state index in [-0.39, 0.29) is 17.3 Å². The number of nitrogens with one attached hydrogen (secondary N) is 1. The van der Waals surface area contributed by atoms with Crippen LogP contribution in [0.2, 0.25) is 0 Å². The lowest BCUT2D eigenvalue weighted by Crippen LogP contribution is -2.30. The SMILES string of the molecule is CC(=O)Nc1ccc(S(=O)(=O)N(Cc2ccc(C(C)C)cc2)c2ccccc2)cc1. The third-order valence-corrected chi connectivity index (χ3v) is 6.57. The van der Waals surface area contributed by atoms with Crippen molar-refractivity contribution in [3.63, 3.8) is 0 Å². The molecule has 30 heavy (non-hydrogen) atoms. The van der Waals surface area contributed by atoms with E-state index in [0.29, 0.717) is 17.3 Å². The topological polar surface area (TPSA) is 66.5 Å². The largest absolute Gasteiger partial charge is 0.326 e.